The first-order chi connectivity index (χ1) is 12.7. The lowest BCUT2D eigenvalue weighted by Gasteiger charge is -2.08. The number of carbonyl (C=O) groups excluding carboxylic acids is 1. The number of hydrogen-bond donors (Lipinski definition) is 1. The molecule has 26 heavy (non-hydrogen) atoms. The molecule has 4 rings (SSSR count). The van der Waals surface area contributed by atoms with Crippen molar-refractivity contribution in [1.29, 1.82) is 0 Å². The van der Waals surface area contributed by atoms with Crippen LogP contribution >= 0.6 is 22.7 Å². The number of carbonyl (C=O) groups is 1. The van der Waals surface area contributed by atoms with Crippen LogP contribution in [0, 0.1) is 6.92 Å². The number of aromatic nitrogens is 3. The molecule has 130 valence electrons. The third kappa shape index (κ3) is 3.58. The molecule has 0 saturated heterocycles. The molecule has 0 fully saturated rings. The topological polar surface area (TPSA) is 59.8 Å². The highest BCUT2D eigenvalue weighted by Gasteiger charge is 2.14. The first-order valence-electron chi connectivity index (χ1n) is 8.06. The zero-order chi connectivity index (χ0) is 17.9. The predicted octanol–water partition coefficient (Wildman–Crippen LogP) is 4.68. The SMILES string of the molecule is Cc1ccc(Cn2nccc2NC(=O)c2csc(-c3ccsc3)n2)cc1. The Morgan fingerprint density at radius 3 is 2.77 bits per heavy atom. The van der Waals surface area contributed by atoms with Gasteiger partial charge in [0.2, 0.25) is 0 Å². The van der Waals surface area contributed by atoms with E-state index in [1.54, 1.807) is 33.7 Å². The van der Waals surface area contributed by atoms with Crippen LogP contribution in [0.5, 0.6) is 0 Å². The molecule has 5 nitrogen and oxygen atoms in total. The van der Waals surface area contributed by atoms with Gasteiger partial charge >= 0.3 is 0 Å². The van der Waals surface area contributed by atoms with Crippen molar-refractivity contribution in [3.63, 3.8) is 0 Å². The van der Waals surface area contributed by atoms with Crippen LogP contribution in [-0.2, 0) is 6.54 Å². The first-order valence-corrected chi connectivity index (χ1v) is 9.88. The van der Waals surface area contributed by atoms with E-state index in [2.05, 4.69) is 46.6 Å². The van der Waals surface area contributed by atoms with E-state index in [0.29, 0.717) is 18.1 Å². The lowest BCUT2D eigenvalue weighted by molar-refractivity contribution is 0.102. The van der Waals surface area contributed by atoms with Gasteiger partial charge in [0.25, 0.3) is 5.91 Å². The fourth-order valence-corrected chi connectivity index (χ4v) is 4.02. The van der Waals surface area contributed by atoms with E-state index in [4.69, 9.17) is 0 Å². The molecule has 0 atom stereocenters. The number of thiophene rings is 1. The van der Waals surface area contributed by atoms with Gasteiger partial charge in [0.1, 0.15) is 16.5 Å². The zero-order valence-electron chi connectivity index (χ0n) is 14.0. The molecule has 0 unspecified atom stereocenters. The minimum Gasteiger partial charge on any atom is -0.305 e. The molecule has 0 bridgehead atoms. The van der Waals surface area contributed by atoms with Crippen LogP contribution in [0.25, 0.3) is 10.6 Å². The minimum atomic E-state index is -0.228. The number of anilines is 1. The normalized spacial score (nSPS) is 10.8. The first kappa shape index (κ1) is 16.7. The van der Waals surface area contributed by atoms with E-state index >= 15 is 0 Å². The monoisotopic (exact) mass is 380 g/mol. The summed E-state index contributed by atoms with van der Waals surface area (Å²) in [4.78, 5) is 17.0. The Hall–Kier alpha value is -2.77. The Morgan fingerprint density at radius 1 is 1.15 bits per heavy atom. The Balaban J connectivity index is 1.48. The number of nitrogens with zero attached hydrogens (tertiary/aromatic N) is 3. The third-order valence-corrected chi connectivity index (χ3v) is 5.49. The summed E-state index contributed by atoms with van der Waals surface area (Å²) in [6.45, 7) is 2.65. The van der Waals surface area contributed by atoms with E-state index in [1.807, 2.05) is 16.8 Å². The Kier molecular flexibility index (Phi) is 4.64. The fraction of sp³-hybridized carbons (Fsp3) is 0.105. The van der Waals surface area contributed by atoms with Gasteiger partial charge in [-0.25, -0.2) is 9.67 Å². The van der Waals surface area contributed by atoms with E-state index in [1.165, 1.54) is 16.9 Å². The van der Waals surface area contributed by atoms with Gasteiger partial charge < -0.3 is 5.32 Å². The van der Waals surface area contributed by atoms with E-state index in [9.17, 15) is 4.79 Å². The van der Waals surface area contributed by atoms with Gasteiger partial charge in [0.15, 0.2) is 0 Å². The summed E-state index contributed by atoms with van der Waals surface area (Å²) in [6, 6.07) is 12.1. The highest BCUT2D eigenvalue weighted by molar-refractivity contribution is 7.14. The molecule has 0 aliphatic carbocycles. The van der Waals surface area contributed by atoms with Crippen LogP contribution in [-0.4, -0.2) is 20.7 Å². The summed E-state index contributed by atoms with van der Waals surface area (Å²) in [5, 5.41) is 13.9. The van der Waals surface area contributed by atoms with Crippen LogP contribution < -0.4 is 5.32 Å². The molecule has 0 radical (unpaired) electrons. The van der Waals surface area contributed by atoms with Crippen LogP contribution in [0.3, 0.4) is 0 Å². The second-order valence-electron chi connectivity index (χ2n) is 5.86. The van der Waals surface area contributed by atoms with Gasteiger partial charge in [0, 0.05) is 22.4 Å². The largest absolute Gasteiger partial charge is 0.305 e. The van der Waals surface area contributed by atoms with Gasteiger partial charge in [-0.3, -0.25) is 4.79 Å². The Bertz CT molecular complexity index is 1020. The van der Waals surface area contributed by atoms with Gasteiger partial charge in [-0.1, -0.05) is 29.8 Å². The fourth-order valence-electron chi connectivity index (χ4n) is 2.51. The maximum absolute atomic E-state index is 12.5. The smallest absolute Gasteiger partial charge is 0.276 e. The molecule has 7 heteroatoms. The van der Waals surface area contributed by atoms with Gasteiger partial charge in [-0.05, 0) is 23.9 Å². The number of aryl methyl sites for hydroxylation is 1. The second kappa shape index (κ2) is 7.23. The van der Waals surface area contributed by atoms with Gasteiger partial charge in [-0.2, -0.15) is 16.4 Å². The summed E-state index contributed by atoms with van der Waals surface area (Å²) in [5.74, 6) is 0.425. The molecule has 3 aromatic heterocycles. The van der Waals surface area contributed by atoms with Crippen molar-refractivity contribution in [3.8, 4) is 10.6 Å². The zero-order valence-corrected chi connectivity index (χ0v) is 15.7. The summed E-state index contributed by atoms with van der Waals surface area (Å²) >= 11 is 3.08. The molecule has 0 spiro atoms. The second-order valence-corrected chi connectivity index (χ2v) is 7.50. The maximum Gasteiger partial charge on any atom is 0.276 e. The highest BCUT2D eigenvalue weighted by atomic mass is 32.1. The molecule has 4 aromatic rings. The molecule has 1 amide bonds. The third-order valence-electron chi connectivity index (χ3n) is 3.92. The molecular weight excluding hydrogens is 364 g/mol. The molecular formula is C19H16N4OS2. The lowest BCUT2D eigenvalue weighted by Crippen LogP contribution is -2.16. The standard InChI is InChI=1S/C19H16N4OS2/c1-13-2-4-14(5-3-13)10-23-17(6-8-20-23)22-18(24)16-12-26-19(21-16)15-7-9-25-11-15/h2-9,11-12H,10H2,1H3,(H,22,24). The van der Waals surface area contributed by atoms with Crippen molar-refractivity contribution in [1.82, 2.24) is 14.8 Å². The number of benzene rings is 1. The maximum atomic E-state index is 12.5. The molecule has 1 N–H and O–H groups in total. The van der Waals surface area contributed by atoms with Crippen molar-refractivity contribution in [3.05, 3.63) is 75.6 Å². The van der Waals surface area contributed by atoms with Crippen LogP contribution in [0.15, 0.2) is 58.7 Å². The Morgan fingerprint density at radius 2 is 2.00 bits per heavy atom. The molecule has 0 aliphatic rings. The lowest BCUT2D eigenvalue weighted by atomic mass is 10.1. The summed E-state index contributed by atoms with van der Waals surface area (Å²) in [7, 11) is 0. The molecule has 3 heterocycles. The van der Waals surface area contributed by atoms with Gasteiger partial charge in [0.05, 0.1) is 12.7 Å². The minimum absolute atomic E-state index is 0.228. The quantitative estimate of drug-likeness (QED) is 0.547. The number of rotatable bonds is 5. The van der Waals surface area contributed by atoms with E-state index < -0.39 is 0 Å². The van der Waals surface area contributed by atoms with Crippen molar-refractivity contribution in [2.75, 3.05) is 5.32 Å². The van der Waals surface area contributed by atoms with Crippen molar-refractivity contribution >= 4 is 34.4 Å². The van der Waals surface area contributed by atoms with Crippen LogP contribution in [0.2, 0.25) is 0 Å². The number of hydrogen-bond acceptors (Lipinski definition) is 5. The average Bonchev–Trinajstić information content (AvgIpc) is 3.38. The van der Waals surface area contributed by atoms with Crippen molar-refractivity contribution in [2.45, 2.75) is 13.5 Å². The van der Waals surface area contributed by atoms with Crippen molar-refractivity contribution < 1.29 is 4.79 Å². The predicted molar refractivity (Wildman–Crippen MR) is 106 cm³/mol. The van der Waals surface area contributed by atoms with Crippen LogP contribution in [0.1, 0.15) is 21.6 Å². The summed E-state index contributed by atoms with van der Waals surface area (Å²) in [5.41, 5.74) is 3.80. The summed E-state index contributed by atoms with van der Waals surface area (Å²) < 4.78 is 1.77. The summed E-state index contributed by atoms with van der Waals surface area (Å²) in [6.07, 6.45) is 1.68. The van der Waals surface area contributed by atoms with E-state index in [0.717, 1.165) is 16.1 Å². The molecule has 0 saturated carbocycles. The molecule has 0 aliphatic heterocycles. The number of amides is 1. The van der Waals surface area contributed by atoms with Gasteiger partial charge in [-0.15, -0.1) is 11.3 Å². The number of nitrogens with one attached hydrogen (secondary N) is 1. The van der Waals surface area contributed by atoms with E-state index in [-0.39, 0.29) is 5.91 Å². The molecule has 1 aromatic carbocycles. The number of thiazole rings is 1. The Labute approximate surface area is 159 Å². The highest BCUT2D eigenvalue weighted by Crippen LogP contribution is 2.26. The van der Waals surface area contributed by atoms with Crippen LogP contribution in [0.4, 0.5) is 5.82 Å². The average molecular weight is 380 g/mol. The van der Waals surface area contributed by atoms with Crippen molar-refractivity contribution in [2.24, 2.45) is 0 Å².